The van der Waals surface area contributed by atoms with Crippen molar-refractivity contribution in [3.05, 3.63) is 33.4 Å². The zero-order valence-corrected chi connectivity index (χ0v) is 9.08. The highest BCUT2D eigenvalue weighted by Crippen LogP contribution is 2.37. The van der Waals surface area contributed by atoms with Gasteiger partial charge in [0, 0.05) is 18.6 Å². The number of cyclic esters (lactones) is 1. The molecule has 0 fully saturated rings. The van der Waals surface area contributed by atoms with Crippen LogP contribution in [0.1, 0.15) is 29.1 Å². The quantitative estimate of drug-likeness (QED) is 0.356. The largest absolute Gasteiger partial charge is 0.428 e. The van der Waals surface area contributed by atoms with Gasteiger partial charge in [-0.25, -0.2) is 4.79 Å². The number of carbonyl (C=O) groups is 2. The van der Waals surface area contributed by atoms with Crippen molar-refractivity contribution in [3.63, 3.8) is 0 Å². The number of esters is 2. The summed E-state index contributed by atoms with van der Waals surface area (Å²) in [5.74, 6) is -1.96. The molecule has 1 unspecified atom stereocenters. The summed E-state index contributed by atoms with van der Waals surface area (Å²) in [6.07, 6.45) is -1.51. The molecule has 1 N–H and O–H groups in total. The third-order valence-corrected chi connectivity index (χ3v) is 2.29. The second-order valence-electron chi connectivity index (χ2n) is 3.52. The first-order chi connectivity index (χ1) is 8.40. The zero-order valence-electron chi connectivity index (χ0n) is 9.08. The van der Waals surface area contributed by atoms with Gasteiger partial charge in [-0.3, -0.25) is 14.9 Å². The molecule has 0 saturated carbocycles. The predicted octanol–water partition coefficient (Wildman–Crippen LogP) is 0.681. The summed E-state index contributed by atoms with van der Waals surface area (Å²) in [6.45, 7) is 1.08. The highest BCUT2D eigenvalue weighted by atomic mass is 16.6. The molecule has 0 saturated heterocycles. The number of carbonyl (C=O) groups excluding carboxylic acids is 2. The summed E-state index contributed by atoms with van der Waals surface area (Å²) in [4.78, 5) is 32.1. The predicted molar refractivity (Wildman–Crippen MR) is 54.8 cm³/mol. The van der Waals surface area contributed by atoms with Crippen LogP contribution in [0.15, 0.2) is 12.1 Å². The molecular formula is C10H7NO7. The summed E-state index contributed by atoms with van der Waals surface area (Å²) >= 11 is 0. The van der Waals surface area contributed by atoms with Crippen molar-refractivity contribution in [3.8, 4) is 5.75 Å². The van der Waals surface area contributed by atoms with E-state index in [1.54, 1.807) is 0 Å². The minimum absolute atomic E-state index is 0.0295. The molecule has 18 heavy (non-hydrogen) atoms. The first kappa shape index (κ1) is 12.0. The molecule has 8 nitrogen and oxygen atoms in total. The number of aliphatic hydroxyl groups excluding tert-OH is 1. The molecule has 8 heteroatoms. The third kappa shape index (κ3) is 1.89. The first-order valence-corrected chi connectivity index (χ1v) is 4.80. The second-order valence-corrected chi connectivity index (χ2v) is 3.52. The number of nitrogens with zero attached hydrogens (tertiary/aromatic N) is 1. The van der Waals surface area contributed by atoms with Gasteiger partial charge >= 0.3 is 17.6 Å². The maximum Gasteiger partial charge on any atom is 0.341 e. The van der Waals surface area contributed by atoms with Crippen molar-refractivity contribution in [1.82, 2.24) is 0 Å². The van der Waals surface area contributed by atoms with Crippen LogP contribution in [0, 0.1) is 10.1 Å². The molecule has 1 heterocycles. The molecule has 0 amide bonds. The van der Waals surface area contributed by atoms with Crippen LogP contribution in [-0.2, 0) is 9.53 Å². The third-order valence-electron chi connectivity index (χ3n) is 2.29. The van der Waals surface area contributed by atoms with E-state index in [9.17, 15) is 24.8 Å². The van der Waals surface area contributed by atoms with Crippen LogP contribution in [0.5, 0.6) is 5.75 Å². The van der Waals surface area contributed by atoms with E-state index in [2.05, 4.69) is 9.47 Å². The number of aliphatic hydroxyl groups is 1. The number of hydrogen-bond donors (Lipinski definition) is 1. The first-order valence-electron chi connectivity index (χ1n) is 4.80. The molecule has 0 radical (unpaired) electrons. The average Bonchev–Trinajstić information content (AvgIpc) is 2.52. The van der Waals surface area contributed by atoms with Crippen molar-refractivity contribution in [2.45, 2.75) is 13.2 Å². The van der Waals surface area contributed by atoms with E-state index in [1.807, 2.05) is 0 Å². The lowest BCUT2D eigenvalue weighted by molar-refractivity contribution is -0.385. The van der Waals surface area contributed by atoms with Crippen LogP contribution in [0.2, 0.25) is 0 Å². The molecule has 0 bridgehead atoms. The minimum Gasteiger partial charge on any atom is -0.428 e. The fraction of sp³-hybridized carbons (Fsp3) is 0.200. The number of rotatable bonds is 2. The highest BCUT2D eigenvalue weighted by molar-refractivity contribution is 5.95. The molecule has 0 aliphatic carbocycles. The Morgan fingerprint density at radius 2 is 2.22 bits per heavy atom. The Balaban J connectivity index is 2.60. The van der Waals surface area contributed by atoms with Gasteiger partial charge in [0.2, 0.25) is 12.0 Å². The fourth-order valence-electron chi connectivity index (χ4n) is 1.57. The Bertz CT molecular complexity index is 566. The van der Waals surface area contributed by atoms with Crippen LogP contribution in [0.3, 0.4) is 0 Å². The molecule has 1 aliphatic heterocycles. The van der Waals surface area contributed by atoms with E-state index in [4.69, 9.17) is 0 Å². The molecule has 94 valence electrons. The SMILES string of the molecule is CC(=O)Oc1cc2c(cc1[N+](=O)[O-])C(=O)OC2O. The zero-order chi connectivity index (χ0) is 13.4. The van der Waals surface area contributed by atoms with Crippen LogP contribution in [0.25, 0.3) is 0 Å². The van der Waals surface area contributed by atoms with Gasteiger partial charge in [-0.2, -0.15) is 0 Å². The summed E-state index contributed by atoms with van der Waals surface area (Å²) in [5, 5.41) is 20.2. The van der Waals surface area contributed by atoms with E-state index in [1.165, 1.54) is 0 Å². The van der Waals surface area contributed by atoms with Gasteiger partial charge in [-0.1, -0.05) is 0 Å². The number of hydrogen-bond acceptors (Lipinski definition) is 7. The monoisotopic (exact) mass is 253 g/mol. The normalized spacial score (nSPS) is 17.0. The van der Waals surface area contributed by atoms with Crippen LogP contribution < -0.4 is 4.74 Å². The second kappa shape index (κ2) is 4.08. The van der Waals surface area contributed by atoms with Gasteiger partial charge in [0.25, 0.3) is 0 Å². The number of nitro benzene ring substituents is 1. The van der Waals surface area contributed by atoms with E-state index < -0.39 is 28.8 Å². The van der Waals surface area contributed by atoms with Crippen molar-refractivity contribution < 1.29 is 29.1 Å². The van der Waals surface area contributed by atoms with Crippen LogP contribution >= 0.6 is 0 Å². The number of fused-ring (bicyclic) bond motifs is 1. The molecule has 0 aromatic heterocycles. The van der Waals surface area contributed by atoms with Gasteiger partial charge in [-0.15, -0.1) is 0 Å². The van der Waals surface area contributed by atoms with Crippen molar-refractivity contribution >= 4 is 17.6 Å². The maximum atomic E-state index is 11.3. The summed E-state index contributed by atoms with van der Waals surface area (Å²) in [7, 11) is 0. The molecule has 1 atom stereocenters. The van der Waals surface area contributed by atoms with Crippen molar-refractivity contribution in [2.24, 2.45) is 0 Å². The smallest absolute Gasteiger partial charge is 0.341 e. The molecule has 1 aromatic carbocycles. The molecule has 2 rings (SSSR count). The molecule has 1 aliphatic rings. The molecule has 0 spiro atoms. The standard InChI is InChI=1S/C10H7NO7/c1-4(12)17-8-3-6-5(2-7(8)11(15)16)9(13)18-10(6)14/h2-3,10,14H,1H3. The molecule has 1 aromatic rings. The Hall–Kier alpha value is -2.48. The summed E-state index contributed by atoms with van der Waals surface area (Å²) < 4.78 is 9.14. The van der Waals surface area contributed by atoms with Gasteiger partial charge in [0.05, 0.1) is 10.5 Å². The lowest BCUT2D eigenvalue weighted by atomic mass is 10.1. The van der Waals surface area contributed by atoms with Gasteiger partial charge in [0.15, 0.2) is 0 Å². The van der Waals surface area contributed by atoms with Crippen molar-refractivity contribution in [2.75, 3.05) is 0 Å². The Morgan fingerprint density at radius 3 is 2.78 bits per heavy atom. The lowest BCUT2D eigenvalue weighted by Crippen LogP contribution is -2.06. The highest BCUT2D eigenvalue weighted by Gasteiger charge is 2.34. The van der Waals surface area contributed by atoms with E-state index in [0.717, 1.165) is 19.1 Å². The Morgan fingerprint density at radius 1 is 1.56 bits per heavy atom. The fourth-order valence-corrected chi connectivity index (χ4v) is 1.57. The van der Waals surface area contributed by atoms with Crippen LogP contribution in [0.4, 0.5) is 5.69 Å². The van der Waals surface area contributed by atoms with Crippen molar-refractivity contribution in [1.29, 1.82) is 0 Å². The number of benzene rings is 1. The van der Waals surface area contributed by atoms with Gasteiger partial charge < -0.3 is 14.6 Å². The minimum atomic E-state index is -1.51. The Kier molecular flexibility index (Phi) is 2.71. The topological polar surface area (TPSA) is 116 Å². The van der Waals surface area contributed by atoms with Gasteiger partial charge in [-0.05, 0) is 6.07 Å². The Labute approximate surface area is 99.9 Å². The average molecular weight is 253 g/mol. The van der Waals surface area contributed by atoms with Gasteiger partial charge in [0.1, 0.15) is 0 Å². The van der Waals surface area contributed by atoms with E-state index in [0.29, 0.717) is 0 Å². The number of ether oxygens (including phenoxy) is 2. The molecular weight excluding hydrogens is 246 g/mol. The van der Waals surface area contributed by atoms with E-state index >= 15 is 0 Å². The lowest BCUT2D eigenvalue weighted by Gasteiger charge is -2.05. The van der Waals surface area contributed by atoms with E-state index in [-0.39, 0.29) is 16.9 Å². The summed E-state index contributed by atoms with van der Waals surface area (Å²) in [5.41, 5.74) is -0.637. The number of nitro groups is 1. The summed E-state index contributed by atoms with van der Waals surface area (Å²) in [6, 6.07) is 1.95. The maximum absolute atomic E-state index is 11.3. The van der Waals surface area contributed by atoms with Crippen LogP contribution in [-0.4, -0.2) is 22.0 Å².